The molecule has 0 saturated carbocycles. The van der Waals surface area contributed by atoms with Crippen molar-refractivity contribution in [2.75, 3.05) is 11.5 Å². The van der Waals surface area contributed by atoms with E-state index in [2.05, 4.69) is 5.32 Å². The molecule has 0 aliphatic carbocycles. The third-order valence-corrected chi connectivity index (χ3v) is 2.04. The highest BCUT2D eigenvalue weighted by molar-refractivity contribution is 7.99. The number of aliphatic hydroxyl groups is 1. The van der Waals surface area contributed by atoms with Crippen LogP contribution in [0.25, 0.3) is 0 Å². The summed E-state index contributed by atoms with van der Waals surface area (Å²) >= 11 is 0.266. The Bertz CT molecular complexity index is 383. The summed E-state index contributed by atoms with van der Waals surface area (Å²) in [6.07, 6.45) is -3.00. The number of aliphatic carboxylic acids is 1. The van der Waals surface area contributed by atoms with Crippen molar-refractivity contribution >= 4 is 23.6 Å². The first-order valence-corrected chi connectivity index (χ1v) is 4.79. The standard InChI is InChI=1S/C8H12N2O4S/c1-5(11)10-7(8(13)14)4-15-3-6(12)2-9/h6-7,12H,3-4H2,1H3,(H,10,11)(H,13,14)/t6?,7-/m0/s1/i3D2,6D. The molecule has 6 nitrogen and oxygen atoms in total. The van der Waals surface area contributed by atoms with Crippen LogP contribution in [0.2, 0.25) is 0 Å². The number of amides is 1. The molecular formula is C8H12N2O4S. The van der Waals surface area contributed by atoms with Gasteiger partial charge in [-0.25, -0.2) is 4.79 Å². The topological polar surface area (TPSA) is 110 Å². The lowest BCUT2D eigenvalue weighted by Crippen LogP contribution is -2.41. The maximum Gasteiger partial charge on any atom is 0.327 e. The second-order valence-electron chi connectivity index (χ2n) is 2.46. The number of carboxylic acids is 1. The summed E-state index contributed by atoms with van der Waals surface area (Å²) in [7, 11) is 0. The fraction of sp³-hybridized carbons (Fsp3) is 0.625. The molecule has 0 rings (SSSR count). The van der Waals surface area contributed by atoms with Gasteiger partial charge in [0.1, 0.15) is 12.1 Å². The fourth-order valence-corrected chi connectivity index (χ4v) is 1.29. The summed E-state index contributed by atoms with van der Waals surface area (Å²) < 4.78 is 21.7. The van der Waals surface area contributed by atoms with Crippen molar-refractivity contribution in [3.63, 3.8) is 0 Å². The van der Waals surface area contributed by atoms with Gasteiger partial charge in [0.2, 0.25) is 5.91 Å². The van der Waals surface area contributed by atoms with Crippen LogP contribution in [0.4, 0.5) is 0 Å². The van der Waals surface area contributed by atoms with Crippen molar-refractivity contribution in [1.29, 1.82) is 5.26 Å². The summed E-state index contributed by atoms with van der Waals surface area (Å²) in [6.45, 7) is 1.10. The van der Waals surface area contributed by atoms with E-state index >= 15 is 0 Å². The van der Waals surface area contributed by atoms with E-state index in [1.807, 2.05) is 0 Å². The molecule has 0 aromatic carbocycles. The molecule has 7 heteroatoms. The number of carboxylic acid groups (broad SMARTS) is 1. The highest BCUT2D eigenvalue weighted by atomic mass is 32.2. The lowest BCUT2D eigenvalue weighted by Gasteiger charge is -2.12. The molecule has 0 spiro atoms. The number of carbonyl (C=O) groups excluding carboxylic acids is 1. The highest BCUT2D eigenvalue weighted by Crippen LogP contribution is 2.05. The minimum atomic E-state index is -3.00. The lowest BCUT2D eigenvalue weighted by atomic mass is 10.3. The number of hydrogen-bond donors (Lipinski definition) is 3. The minimum Gasteiger partial charge on any atom is -0.480 e. The molecule has 0 aromatic rings. The van der Waals surface area contributed by atoms with E-state index in [9.17, 15) is 9.59 Å². The molecular weight excluding hydrogens is 220 g/mol. The molecule has 0 aliphatic heterocycles. The minimum absolute atomic E-state index is 0.266. The van der Waals surface area contributed by atoms with Crippen molar-refractivity contribution in [2.24, 2.45) is 0 Å². The number of nitriles is 1. The zero-order valence-electron chi connectivity index (χ0n) is 10.9. The quantitative estimate of drug-likeness (QED) is 0.519. The van der Waals surface area contributed by atoms with E-state index in [0.717, 1.165) is 13.0 Å². The van der Waals surface area contributed by atoms with Crippen LogP contribution in [0.1, 0.15) is 11.0 Å². The second kappa shape index (κ2) is 7.09. The Morgan fingerprint density at radius 1 is 1.80 bits per heavy atom. The maximum absolute atomic E-state index is 10.7. The number of carbonyl (C=O) groups is 2. The second-order valence-corrected chi connectivity index (χ2v) is 3.29. The predicted molar refractivity (Wildman–Crippen MR) is 54.2 cm³/mol. The molecule has 0 saturated heterocycles. The molecule has 1 amide bonds. The van der Waals surface area contributed by atoms with Crippen LogP contribution in [0.5, 0.6) is 0 Å². The molecule has 3 N–H and O–H groups in total. The van der Waals surface area contributed by atoms with Crippen LogP contribution in [0.15, 0.2) is 0 Å². The van der Waals surface area contributed by atoms with Gasteiger partial charge in [-0.2, -0.15) is 17.0 Å². The monoisotopic (exact) mass is 235 g/mol. The van der Waals surface area contributed by atoms with Gasteiger partial charge in [0.25, 0.3) is 0 Å². The van der Waals surface area contributed by atoms with Gasteiger partial charge in [-0.05, 0) is 0 Å². The van der Waals surface area contributed by atoms with Crippen molar-refractivity contribution in [3.05, 3.63) is 0 Å². The fourth-order valence-electron chi connectivity index (χ4n) is 0.636. The lowest BCUT2D eigenvalue weighted by molar-refractivity contribution is -0.140. The van der Waals surface area contributed by atoms with Gasteiger partial charge in [-0.1, -0.05) is 0 Å². The molecule has 15 heavy (non-hydrogen) atoms. The van der Waals surface area contributed by atoms with Crippen LogP contribution in [-0.4, -0.2) is 45.7 Å². The van der Waals surface area contributed by atoms with Crippen LogP contribution in [0, 0.1) is 11.3 Å². The van der Waals surface area contributed by atoms with Gasteiger partial charge < -0.3 is 15.5 Å². The third-order valence-electron chi connectivity index (χ3n) is 1.20. The summed E-state index contributed by atoms with van der Waals surface area (Å²) in [5.74, 6) is -2.41. The van der Waals surface area contributed by atoms with Crippen molar-refractivity contribution < 1.29 is 23.9 Å². The zero-order chi connectivity index (χ0) is 14.6. The number of thioether (sulfide) groups is 1. The van der Waals surface area contributed by atoms with Gasteiger partial charge in [0.05, 0.1) is 7.44 Å². The van der Waals surface area contributed by atoms with E-state index in [4.69, 9.17) is 19.6 Å². The van der Waals surface area contributed by atoms with E-state index < -0.39 is 35.5 Å². The number of nitrogens with zero attached hydrogens (tertiary/aromatic N) is 1. The van der Waals surface area contributed by atoms with Gasteiger partial charge in [0.15, 0.2) is 0 Å². The zero-order valence-corrected chi connectivity index (χ0v) is 8.67. The van der Waals surface area contributed by atoms with Crippen LogP contribution < -0.4 is 5.32 Å². The van der Waals surface area contributed by atoms with Crippen molar-refractivity contribution in [2.45, 2.75) is 19.0 Å². The smallest absolute Gasteiger partial charge is 0.327 e. The molecule has 2 atom stereocenters. The first-order valence-electron chi connectivity index (χ1n) is 5.31. The van der Waals surface area contributed by atoms with Crippen molar-refractivity contribution in [1.82, 2.24) is 5.32 Å². The summed E-state index contributed by atoms with van der Waals surface area (Å²) in [4.78, 5) is 21.5. The van der Waals surface area contributed by atoms with Crippen molar-refractivity contribution in [3.8, 4) is 6.07 Å². The average Bonchev–Trinajstić information content (AvgIpc) is 2.23. The summed E-state index contributed by atoms with van der Waals surface area (Å²) in [5.41, 5.74) is -2.69. The molecule has 0 fully saturated rings. The van der Waals surface area contributed by atoms with E-state index in [1.54, 1.807) is 0 Å². The molecule has 0 heterocycles. The molecule has 1 unspecified atom stereocenters. The Morgan fingerprint density at radius 3 is 2.80 bits per heavy atom. The first kappa shape index (κ1) is 9.00. The molecule has 0 radical (unpaired) electrons. The highest BCUT2D eigenvalue weighted by Gasteiger charge is 2.18. The molecule has 0 aromatic heterocycles. The number of nitrogens with one attached hydrogen (secondary N) is 1. The first-order chi connectivity index (χ1) is 8.03. The Morgan fingerprint density at radius 2 is 2.40 bits per heavy atom. The average molecular weight is 235 g/mol. The van der Waals surface area contributed by atoms with E-state index in [0.29, 0.717) is 0 Å². The molecule has 84 valence electrons. The Hall–Kier alpha value is -1.26. The predicted octanol–water partition coefficient (Wildman–Crippen LogP) is -0.807. The van der Waals surface area contributed by atoms with Crippen LogP contribution >= 0.6 is 11.8 Å². The van der Waals surface area contributed by atoms with Gasteiger partial charge in [-0.15, -0.1) is 0 Å². The summed E-state index contributed by atoms with van der Waals surface area (Å²) in [6, 6.07) is -0.297. The van der Waals surface area contributed by atoms with Gasteiger partial charge in [-0.3, -0.25) is 4.79 Å². The molecule has 0 bridgehead atoms. The van der Waals surface area contributed by atoms with E-state index in [1.165, 1.54) is 0 Å². The van der Waals surface area contributed by atoms with Gasteiger partial charge in [0, 0.05) is 21.1 Å². The van der Waals surface area contributed by atoms with Crippen LogP contribution in [0.3, 0.4) is 0 Å². The third kappa shape index (κ3) is 6.76. The Labute approximate surface area is 95.5 Å². The van der Waals surface area contributed by atoms with E-state index in [-0.39, 0.29) is 11.8 Å². The Balaban J connectivity index is 4.67. The Kier molecular flexibility index (Phi) is 4.25. The van der Waals surface area contributed by atoms with Crippen LogP contribution in [-0.2, 0) is 9.59 Å². The summed E-state index contributed by atoms with van der Waals surface area (Å²) in [5, 5.41) is 28.4. The number of rotatable bonds is 6. The van der Waals surface area contributed by atoms with Gasteiger partial charge >= 0.3 is 5.97 Å². The normalized spacial score (nSPS) is 19.7. The maximum atomic E-state index is 10.7. The SMILES string of the molecule is [2H]C(O)(C#N)C([2H])([2H])SC[C@H](NC(C)=O)C(=O)O. The number of hydrogen-bond acceptors (Lipinski definition) is 5. The largest absolute Gasteiger partial charge is 0.480 e. The molecule has 0 aliphatic rings.